The summed E-state index contributed by atoms with van der Waals surface area (Å²) in [6.45, 7) is 4.57. The third kappa shape index (κ3) is 4.27. The lowest BCUT2D eigenvalue weighted by Crippen LogP contribution is -2.38. The minimum absolute atomic E-state index is 0.186. The van der Waals surface area contributed by atoms with E-state index in [1.165, 1.54) is 29.5 Å². The molecule has 0 unspecified atom stereocenters. The Morgan fingerprint density at radius 2 is 2.00 bits per heavy atom. The summed E-state index contributed by atoms with van der Waals surface area (Å²) < 4.78 is 0.824. The molecule has 1 saturated heterocycles. The molecule has 24 heavy (non-hydrogen) atoms. The second-order valence-corrected chi connectivity index (χ2v) is 8.03. The molecular formula is C17H22N4OS2. The summed E-state index contributed by atoms with van der Waals surface area (Å²) in [4.78, 5) is 15.1. The molecular weight excluding hydrogens is 340 g/mol. The van der Waals surface area contributed by atoms with Gasteiger partial charge in [-0.3, -0.25) is 4.79 Å². The summed E-state index contributed by atoms with van der Waals surface area (Å²) in [7, 11) is 0. The van der Waals surface area contributed by atoms with Crippen LogP contribution in [0.4, 0.5) is 5.13 Å². The number of benzene rings is 1. The summed E-state index contributed by atoms with van der Waals surface area (Å²) in [6, 6.07) is 9.98. The van der Waals surface area contributed by atoms with Crippen LogP contribution in [0.1, 0.15) is 37.0 Å². The van der Waals surface area contributed by atoms with Gasteiger partial charge in [0.05, 0.1) is 0 Å². The zero-order valence-electron chi connectivity index (χ0n) is 13.8. The number of piperidine rings is 1. The van der Waals surface area contributed by atoms with E-state index in [-0.39, 0.29) is 11.2 Å². The van der Waals surface area contributed by atoms with Crippen molar-refractivity contribution in [3.63, 3.8) is 0 Å². The Morgan fingerprint density at radius 3 is 2.71 bits per heavy atom. The Labute approximate surface area is 150 Å². The van der Waals surface area contributed by atoms with Crippen molar-refractivity contribution in [2.24, 2.45) is 0 Å². The number of nitrogens with zero attached hydrogens (tertiary/aromatic N) is 3. The van der Waals surface area contributed by atoms with Crippen molar-refractivity contribution in [3.8, 4) is 0 Å². The second kappa shape index (κ2) is 8.48. The molecule has 1 aromatic carbocycles. The number of amides is 1. The zero-order valence-corrected chi connectivity index (χ0v) is 15.4. The molecule has 0 spiro atoms. The lowest BCUT2D eigenvalue weighted by molar-refractivity contribution is -0.131. The molecule has 2 aromatic rings. The first-order chi connectivity index (χ1) is 11.8. The van der Waals surface area contributed by atoms with Crippen molar-refractivity contribution in [2.75, 3.05) is 25.0 Å². The highest BCUT2D eigenvalue weighted by Crippen LogP contribution is 2.39. The zero-order chi connectivity index (χ0) is 16.8. The van der Waals surface area contributed by atoms with Gasteiger partial charge in [-0.15, -0.1) is 10.2 Å². The van der Waals surface area contributed by atoms with Crippen LogP contribution in [0, 0.1) is 0 Å². The minimum atomic E-state index is -0.258. The number of likely N-dealkylation sites (tertiary alicyclic amines) is 1. The van der Waals surface area contributed by atoms with E-state index in [9.17, 15) is 4.79 Å². The van der Waals surface area contributed by atoms with E-state index in [0.29, 0.717) is 0 Å². The molecule has 1 aliphatic rings. The fourth-order valence-corrected chi connectivity index (χ4v) is 4.85. The first-order valence-electron chi connectivity index (χ1n) is 8.35. The van der Waals surface area contributed by atoms with E-state index >= 15 is 0 Å². The minimum Gasteiger partial charge on any atom is -0.360 e. The summed E-state index contributed by atoms with van der Waals surface area (Å²) in [5, 5.41) is 12.1. The SMILES string of the molecule is CCNc1nnc(S[C@H](C(=O)N2CCCCC2)c2ccccc2)s1. The van der Waals surface area contributed by atoms with Crippen molar-refractivity contribution in [1.29, 1.82) is 0 Å². The number of aromatic nitrogens is 2. The van der Waals surface area contributed by atoms with Gasteiger partial charge < -0.3 is 10.2 Å². The Hall–Kier alpha value is -1.60. The predicted molar refractivity (Wildman–Crippen MR) is 99.5 cm³/mol. The van der Waals surface area contributed by atoms with E-state index in [1.54, 1.807) is 0 Å². The van der Waals surface area contributed by atoms with Gasteiger partial charge >= 0.3 is 0 Å². The summed E-state index contributed by atoms with van der Waals surface area (Å²) in [5.74, 6) is 0.186. The number of nitrogens with one attached hydrogen (secondary N) is 1. The van der Waals surface area contributed by atoms with Crippen LogP contribution in [0.5, 0.6) is 0 Å². The number of thioether (sulfide) groups is 1. The first kappa shape index (κ1) is 17.2. The average Bonchev–Trinajstić information content (AvgIpc) is 3.08. The van der Waals surface area contributed by atoms with Crippen LogP contribution in [0.3, 0.4) is 0 Å². The van der Waals surface area contributed by atoms with Crippen molar-refractivity contribution in [1.82, 2.24) is 15.1 Å². The van der Waals surface area contributed by atoms with Crippen LogP contribution in [-0.4, -0.2) is 40.6 Å². The van der Waals surface area contributed by atoms with Crippen LogP contribution >= 0.6 is 23.1 Å². The second-order valence-electron chi connectivity index (χ2n) is 5.70. The highest BCUT2D eigenvalue weighted by atomic mass is 32.2. The maximum atomic E-state index is 13.1. The van der Waals surface area contributed by atoms with E-state index in [1.807, 2.05) is 42.2 Å². The highest BCUT2D eigenvalue weighted by molar-refractivity contribution is 8.01. The number of carbonyl (C=O) groups is 1. The van der Waals surface area contributed by atoms with Crippen LogP contribution in [0.15, 0.2) is 34.7 Å². The molecule has 3 rings (SSSR count). The molecule has 1 atom stereocenters. The summed E-state index contributed by atoms with van der Waals surface area (Å²) >= 11 is 3.01. The number of hydrogen-bond donors (Lipinski definition) is 1. The van der Waals surface area contributed by atoms with Crippen LogP contribution < -0.4 is 5.32 Å². The molecule has 1 amide bonds. The molecule has 2 heterocycles. The molecule has 1 fully saturated rings. The lowest BCUT2D eigenvalue weighted by atomic mass is 10.1. The van der Waals surface area contributed by atoms with Crippen molar-refractivity contribution < 1.29 is 4.79 Å². The quantitative estimate of drug-likeness (QED) is 0.792. The van der Waals surface area contributed by atoms with Crippen LogP contribution in [-0.2, 0) is 4.79 Å². The Kier molecular flexibility index (Phi) is 6.09. The predicted octanol–water partition coefficient (Wildman–Crippen LogP) is 3.82. The van der Waals surface area contributed by atoms with E-state index in [4.69, 9.17) is 0 Å². The number of hydrogen-bond acceptors (Lipinski definition) is 6. The molecule has 7 heteroatoms. The molecule has 0 radical (unpaired) electrons. The number of rotatable bonds is 6. The van der Waals surface area contributed by atoms with Gasteiger partial charge in [-0.2, -0.15) is 0 Å². The third-order valence-electron chi connectivity index (χ3n) is 3.95. The largest absolute Gasteiger partial charge is 0.360 e. The van der Waals surface area contributed by atoms with Gasteiger partial charge in [0.1, 0.15) is 5.25 Å². The molecule has 0 saturated carbocycles. The van der Waals surface area contributed by atoms with E-state index in [0.717, 1.165) is 47.5 Å². The van der Waals surface area contributed by atoms with Crippen LogP contribution in [0.25, 0.3) is 0 Å². The molecule has 1 aromatic heterocycles. The van der Waals surface area contributed by atoms with Crippen molar-refractivity contribution in [2.45, 2.75) is 35.8 Å². The Balaban J connectivity index is 1.80. The molecule has 0 bridgehead atoms. The van der Waals surface area contributed by atoms with Gasteiger partial charge in [0, 0.05) is 19.6 Å². The van der Waals surface area contributed by atoms with Gasteiger partial charge in [0.15, 0.2) is 4.34 Å². The van der Waals surface area contributed by atoms with Gasteiger partial charge in [0.2, 0.25) is 11.0 Å². The first-order valence-corrected chi connectivity index (χ1v) is 10.1. The van der Waals surface area contributed by atoms with Crippen molar-refractivity contribution >= 4 is 34.1 Å². The smallest absolute Gasteiger partial charge is 0.240 e. The summed E-state index contributed by atoms with van der Waals surface area (Å²) in [6.07, 6.45) is 3.41. The van der Waals surface area contributed by atoms with Gasteiger partial charge in [-0.05, 0) is 31.7 Å². The molecule has 128 valence electrons. The number of carbonyl (C=O) groups excluding carboxylic acids is 1. The fraction of sp³-hybridized carbons (Fsp3) is 0.471. The Bertz CT molecular complexity index is 656. The maximum Gasteiger partial charge on any atom is 0.240 e. The Morgan fingerprint density at radius 1 is 1.25 bits per heavy atom. The van der Waals surface area contributed by atoms with Crippen molar-refractivity contribution in [3.05, 3.63) is 35.9 Å². The maximum absolute atomic E-state index is 13.1. The topological polar surface area (TPSA) is 58.1 Å². The molecule has 1 N–H and O–H groups in total. The van der Waals surface area contributed by atoms with Gasteiger partial charge in [-0.25, -0.2) is 0 Å². The fourth-order valence-electron chi connectivity index (χ4n) is 2.75. The van der Waals surface area contributed by atoms with Gasteiger partial charge in [0.25, 0.3) is 0 Å². The molecule has 0 aliphatic carbocycles. The van der Waals surface area contributed by atoms with E-state index < -0.39 is 0 Å². The highest BCUT2D eigenvalue weighted by Gasteiger charge is 2.29. The lowest BCUT2D eigenvalue weighted by Gasteiger charge is -2.30. The van der Waals surface area contributed by atoms with Gasteiger partial charge in [-0.1, -0.05) is 53.4 Å². The molecule has 1 aliphatic heterocycles. The summed E-state index contributed by atoms with van der Waals surface area (Å²) in [5.41, 5.74) is 1.03. The molecule has 5 nitrogen and oxygen atoms in total. The van der Waals surface area contributed by atoms with Crippen LogP contribution in [0.2, 0.25) is 0 Å². The average molecular weight is 363 g/mol. The normalized spacial score (nSPS) is 16.0. The van der Waals surface area contributed by atoms with E-state index in [2.05, 4.69) is 15.5 Å². The monoisotopic (exact) mass is 362 g/mol. The number of anilines is 1. The third-order valence-corrected chi connectivity index (χ3v) is 6.15. The standard InChI is InChI=1S/C17H22N4OS2/c1-2-18-16-19-20-17(24-16)23-14(13-9-5-3-6-10-13)15(22)21-11-7-4-8-12-21/h3,5-6,9-10,14H,2,4,7-8,11-12H2,1H3,(H,18,19)/t14-/m0/s1.